The van der Waals surface area contributed by atoms with Crippen LogP contribution in [0, 0.1) is 11.3 Å². The van der Waals surface area contributed by atoms with E-state index in [9.17, 15) is 8.42 Å². The fourth-order valence-corrected chi connectivity index (χ4v) is 1.67. The van der Waals surface area contributed by atoms with Crippen molar-refractivity contribution < 1.29 is 8.42 Å². The maximum atomic E-state index is 10.9. The van der Waals surface area contributed by atoms with Gasteiger partial charge in [-0.25, -0.2) is 8.42 Å². The maximum Gasteiger partial charge on any atom is 0.182 e. The first-order valence-corrected chi connectivity index (χ1v) is 4.72. The molecule has 0 spiro atoms. The Hall–Kier alpha value is -0.310. The zero-order valence-corrected chi connectivity index (χ0v) is 7.63. The van der Waals surface area contributed by atoms with Crippen molar-refractivity contribution in [2.45, 2.75) is 4.75 Å². The Balaban J connectivity index is 0.000001000. The molecular weight excluding hydrogens is 188 g/mol. The van der Waals surface area contributed by atoms with Crippen LogP contribution in [0.25, 0.3) is 0 Å². The van der Waals surface area contributed by atoms with E-state index in [0.29, 0.717) is 0 Å². The molecule has 1 aliphatic heterocycles. The first-order chi connectivity index (χ1) is 4.52. The molecule has 0 aromatic heterocycles. The lowest BCUT2D eigenvalue weighted by atomic mass is 10.1. The van der Waals surface area contributed by atoms with Gasteiger partial charge in [0, 0.05) is 19.3 Å². The topological polar surface area (TPSA) is 70.0 Å². The van der Waals surface area contributed by atoms with Crippen LogP contribution in [0.3, 0.4) is 0 Å². The first-order valence-electron chi connectivity index (χ1n) is 2.83. The molecule has 0 bridgehead atoms. The minimum atomic E-state index is -3.20. The SMILES string of the molecule is CS(=O)(=O)C1(C#N)CNC1.Cl. The number of nitrogens with one attached hydrogen (secondary N) is 1. The highest BCUT2D eigenvalue weighted by Gasteiger charge is 2.46. The average Bonchev–Trinajstić information content (AvgIpc) is 1.58. The number of sulfone groups is 1. The fourth-order valence-electron chi connectivity index (χ4n) is 0.776. The van der Waals surface area contributed by atoms with Gasteiger partial charge in [0.2, 0.25) is 0 Å². The van der Waals surface area contributed by atoms with Crippen LogP contribution < -0.4 is 5.32 Å². The number of nitriles is 1. The van der Waals surface area contributed by atoms with E-state index in [1.807, 2.05) is 0 Å². The molecule has 0 unspecified atom stereocenters. The number of halogens is 1. The number of rotatable bonds is 1. The summed E-state index contributed by atoms with van der Waals surface area (Å²) in [5.74, 6) is 0. The molecule has 64 valence electrons. The number of nitrogens with zero attached hydrogens (tertiary/aromatic N) is 1. The normalized spacial score (nSPS) is 20.7. The summed E-state index contributed by atoms with van der Waals surface area (Å²) in [4.78, 5) is 0. The van der Waals surface area contributed by atoms with Crippen LogP contribution in [0.2, 0.25) is 0 Å². The molecule has 6 heteroatoms. The van der Waals surface area contributed by atoms with Gasteiger partial charge >= 0.3 is 0 Å². The van der Waals surface area contributed by atoms with Crippen molar-refractivity contribution in [2.75, 3.05) is 19.3 Å². The average molecular weight is 197 g/mol. The Morgan fingerprint density at radius 2 is 2.00 bits per heavy atom. The summed E-state index contributed by atoms with van der Waals surface area (Å²) in [6.45, 7) is 0.532. The van der Waals surface area contributed by atoms with Crippen LogP contribution in [-0.4, -0.2) is 32.5 Å². The highest BCUT2D eigenvalue weighted by molar-refractivity contribution is 7.92. The van der Waals surface area contributed by atoms with Gasteiger partial charge in [0.25, 0.3) is 0 Å². The minimum absolute atomic E-state index is 0. The van der Waals surface area contributed by atoms with Gasteiger partial charge in [0.15, 0.2) is 14.6 Å². The quantitative estimate of drug-likeness (QED) is 0.603. The van der Waals surface area contributed by atoms with Gasteiger partial charge in [-0.3, -0.25) is 0 Å². The van der Waals surface area contributed by atoms with E-state index < -0.39 is 14.6 Å². The van der Waals surface area contributed by atoms with Crippen molar-refractivity contribution in [3.63, 3.8) is 0 Å². The molecular formula is C5H9ClN2O2S. The molecule has 0 radical (unpaired) electrons. The molecule has 1 aliphatic rings. The van der Waals surface area contributed by atoms with E-state index in [-0.39, 0.29) is 25.5 Å². The van der Waals surface area contributed by atoms with Crippen molar-refractivity contribution in [3.05, 3.63) is 0 Å². The smallest absolute Gasteiger partial charge is 0.182 e. The third kappa shape index (κ3) is 1.48. The highest BCUT2D eigenvalue weighted by atomic mass is 35.5. The molecule has 0 saturated carbocycles. The monoisotopic (exact) mass is 196 g/mol. The van der Waals surface area contributed by atoms with Crippen molar-refractivity contribution in [1.82, 2.24) is 5.32 Å². The summed E-state index contributed by atoms with van der Waals surface area (Å²) in [5, 5.41) is 11.3. The van der Waals surface area contributed by atoms with Gasteiger partial charge in [0.05, 0.1) is 6.07 Å². The van der Waals surface area contributed by atoms with E-state index in [1.165, 1.54) is 0 Å². The number of hydrogen-bond acceptors (Lipinski definition) is 4. The van der Waals surface area contributed by atoms with E-state index in [1.54, 1.807) is 6.07 Å². The molecule has 1 N–H and O–H groups in total. The molecule has 11 heavy (non-hydrogen) atoms. The van der Waals surface area contributed by atoms with Crippen molar-refractivity contribution in [3.8, 4) is 6.07 Å². The first kappa shape index (κ1) is 10.7. The molecule has 0 aromatic carbocycles. The summed E-state index contributed by atoms with van der Waals surface area (Å²) in [6.07, 6.45) is 1.09. The Bertz CT molecular complexity index is 275. The molecule has 0 aliphatic carbocycles. The van der Waals surface area contributed by atoms with Crippen LogP contribution in [0.4, 0.5) is 0 Å². The van der Waals surface area contributed by atoms with Crippen LogP contribution >= 0.6 is 12.4 Å². The zero-order chi connectivity index (χ0) is 7.83. The van der Waals surface area contributed by atoms with Gasteiger partial charge in [-0.05, 0) is 0 Å². The second kappa shape index (κ2) is 2.97. The predicted molar refractivity (Wildman–Crippen MR) is 43.3 cm³/mol. The van der Waals surface area contributed by atoms with Crippen LogP contribution in [0.5, 0.6) is 0 Å². The Labute approximate surface area is 71.9 Å². The lowest BCUT2D eigenvalue weighted by molar-refractivity contribution is 0.434. The van der Waals surface area contributed by atoms with E-state index in [0.717, 1.165) is 6.26 Å². The maximum absolute atomic E-state index is 10.9. The third-order valence-electron chi connectivity index (χ3n) is 1.73. The van der Waals surface area contributed by atoms with E-state index in [2.05, 4.69) is 5.32 Å². The largest absolute Gasteiger partial charge is 0.311 e. The number of hydrogen-bond donors (Lipinski definition) is 1. The summed E-state index contributed by atoms with van der Waals surface area (Å²) >= 11 is 0. The molecule has 1 fully saturated rings. The highest BCUT2D eigenvalue weighted by Crippen LogP contribution is 2.19. The molecule has 4 nitrogen and oxygen atoms in total. The molecule has 1 heterocycles. The van der Waals surface area contributed by atoms with Gasteiger partial charge in [-0.1, -0.05) is 0 Å². The minimum Gasteiger partial charge on any atom is -0.311 e. The van der Waals surface area contributed by atoms with Crippen molar-refractivity contribution in [1.29, 1.82) is 5.26 Å². The summed E-state index contributed by atoms with van der Waals surface area (Å²) in [5.41, 5.74) is 0. The molecule has 1 rings (SSSR count). The summed E-state index contributed by atoms with van der Waals surface area (Å²) in [7, 11) is -3.20. The molecule has 0 aromatic rings. The van der Waals surface area contributed by atoms with Gasteiger partial charge in [-0.15, -0.1) is 12.4 Å². The third-order valence-corrected chi connectivity index (χ3v) is 3.53. The second-order valence-corrected chi connectivity index (χ2v) is 4.81. The zero-order valence-electron chi connectivity index (χ0n) is 5.99. The van der Waals surface area contributed by atoms with Crippen molar-refractivity contribution in [2.24, 2.45) is 0 Å². The Kier molecular flexibility index (Phi) is 2.89. The standard InChI is InChI=1S/C5H8N2O2S.ClH/c1-10(8,9)5(2-6)3-7-4-5;/h7H,3-4H2,1H3;1H. The Morgan fingerprint density at radius 3 is 2.00 bits per heavy atom. The van der Waals surface area contributed by atoms with Crippen molar-refractivity contribution >= 4 is 22.2 Å². The van der Waals surface area contributed by atoms with Crippen LogP contribution in [0.1, 0.15) is 0 Å². The molecule has 0 atom stereocenters. The van der Waals surface area contributed by atoms with E-state index in [4.69, 9.17) is 5.26 Å². The fraction of sp³-hybridized carbons (Fsp3) is 0.800. The molecule has 0 amide bonds. The van der Waals surface area contributed by atoms with Crippen LogP contribution in [-0.2, 0) is 9.84 Å². The van der Waals surface area contributed by atoms with Crippen LogP contribution in [0.15, 0.2) is 0 Å². The second-order valence-electron chi connectivity index (χ2n) is 2.48. The molecule has 1 saturated heterocycles. The lowest BCUT2D eigenvalue weighted by Crippen LogP contribution is -2.62. The Morgan fingerprint density at radius 1 is 1.55 bits per heavy atom. The van der Waals surface area contributed by atoms with E-state index >= 15 is 0 Å². The predicted octanol–water partition coefficient (Wildman–Crippen LogP) is -0.682. The van der Waals surface area contributed by atoms with Gasteiger partial charge < -0.3 is 5.32 Å². The van der Waals surface area contributed by atoms with Gasteiger partial charge in [0.1, 0.15) is 0 Å². The summed E-state index contributed by atoms with van der Waals surface area (Å²) in [6, 6.07) is 1.80. The lowest BCUT2D eigenvalue weighted by Gasteiger charge is -2.33. The van der Waals surface area contributed by atoms with Gasteiger partial charge in [-0.2, -0.15) is 5.26 Å². The summed E-state index contributed by atoms with van der Waals surface area (Å²) < 4.78 is 20.7.